The van der Waals surface area contributed by atoms with Crippen LogP contribution in [0.2, 0.25) is 0 Å². The molecule has 9 atom stereocenters. The van der Waals surface area contributed by atoms with Gasteiger partial charge in [0.15, 0.2) is 0 Å². The molecule has 9 unspecified atom stereocenters. The summed E-state index contributed by atoms with van der Waals surface area (Å²) in [5, 5.41) is 0. The first kappa shape index (κ1) is 45.6. The quantitative estimate of drug-likeness (QED) is 0.0747. The topological polar surface area (TPSA) is 96.0 Å². The molecule has 326 valence electrons. The Hall–Kier alpha value is -3.99. The van der Waals surface area contributed by atoms with E-state index in [1.807, 2.05) is 30.8 Å². The molecule has 1 aliphatic heterocycles. The molecule has 7 nitrogen and oxygen atoms in total. The largest absolute Gasteiger partial charge is 2.00 e. The maximum atomic E-state index is 12.3. The van der Waals surface area contributed by atoms with Gasteiger partial charge in [-0.1, -0.05) is 90.6 Å². The van der Waals surface area contributed by atoms with Crippen molar-refractivity contribution in [3.8, 4) is 23.0 Å². The number of esters is 2. The molecule has 0 N–H and O–H groups in total. The predicted octanol–water partition coefficient (Wildman–Crippen LogP) is 12.9. The normalized spacial score (nSPS) is 29.9. The maximum Gasteiger partial charge on any atom is 2.00 e. The van der Waals surface area contributed by atoms with Crippen LogP contribution in [0.5, 0.6) is 23.0 Å². The molecule has 8 heteroatoms. The van der Waals surface area contributed by atoms with Gasteiger partial charge in [0.05, 0.1) is 11.1 Å². The van der Waals surface area contributed by atoms with Crippen LogP contribution in [0.4, 0.5) is 0 Å². The van der Waals surface area contributed by atoms with Gasteiger partial charge in [-0.15, -0.1) is 0 Å². The van der Waals surface area contributed by atoms with E-state index in [4.69, 9.17) is 14.2 Å². The predicted molar refractivity (Wildman–Crippen MR) is 239 cm³/mol. The van der Waals surface area contributed by atoms with E-state index in [9.17, 15) is 19.2 Å². The van der Waals surface area contributed by atoms with Crippen molar-refractivity contribution in [3.63, 3.8) is 0 Å². The first-order valence-corrected chi connectivity index (χ1v) is 23.3. The van der Waals surface area contributed by atoms with E-state index in [0.717, 1.165) is 48.9 Å². The molecular weight excluding hydrogens is 1010 g/mol. The molecule has 4 saturated carbocycles. The summed E-state index contributed by atoms with van der Waals surface area (Å²) in [5.74, 6) is 5.91. The molecule has 1 heterocycles. The fourth-order valence-corrected chi connectivity index (χ4v) is 14.2. The van der Waals surface area contributed by atoms with Crippen LogP contribution in [0.3, 0.4) is 0 Å². The van der Waals surface area contributed by atoms with Crippen molar-refractivity contribution in [2.45, 2.75) is 117 Å². The van der Waals surface area contributed by atoms with E-state index in [-0.39, 0.29) is 64.2 Å². The SMILES string of the molecule is CC(C)CCCC(C)C1CCC2C3CCC4C(c5ccc(Oc6ccc7c(c6)C(=O)OC7=O)cc5)(c5cccc(Oc6ccc([C-]=O)c([C-]=O)c6)c5)CCCC4(C)C3CCC12C.[U+2]. The Morgan fingerprint density at radius 1 is 0.651 bits per heavy atom. The van der Waals surface area contributed by atoms with Crippen molar-refractivity contribution >= 4 is 24.5 Å². The second-order valence-corrected chi connectivity index (χ2v) is 20.4. The summed E-state index contributed by atoms with van der Waals surface area (Å²) < 4.78 is 17.6. The average molecular weight is 1070 g/mol. The van der Waals surface area contributed by atoms with E-state index in [1.54, 1.807) is 36.4 Å². The number of carbonyl (C=O) groups is 2. The van der Waals surface area contributed by atoms with E-state index in [0.29, 0.717) is 40.2 Å². The molecule has 0 radical (unpaired) electrons. The fourth-order valence-electron chi connectivity index (χ4n) is 14.2. The molecule has 9 rings (SSSR count). The zero-order valence-electron chi connectivity index (χ0n) is 37.5. The number of hydrogen-bond acceptors (Lipinski definition) is 7. The third-order valence-electron chi connectivity index (χ3n) is 17.0. The third-order valence-corrected chi connectivity index (χ3v) is 17.0. The molecule has 0 saturated heterocycles. The van der Waals surface area contributed by atoms with Gasteiger partial charge in [-0.25, -0.2) is 15.7 Å². The zero-order chi connectivity index (χ0) is 43.4. The number of rotatable bonds is 13. The smallest absolute Gasteiger partial charge is 0.472 e. The summed E-state index contributed by atoms with van der Waals surface area (Å²) in [6.45, 7) is 12.6. The monoisotopic (exact) mass is 1070 g/mol. The molecule has 0 amide bonds. The molecule has 0 bridgehead atoms. The van der Waals surface area contributed by atoms with Crippen molar-refractivity contribution in [1.82, 2.24) is 0 Å². The Balaban J connectivity index is 0.00000544. The van der Waals surface area contributed by atoms with Gasteiger partial charge in [-0.3, -0.25) is 11.1 Å². The first-order chi connectivity index (χ1) is 29.9. The van der Waals surface area contributed by atoms with E-state index in [1.165, 1.54) is 68.9 Å². The minimum absolute atomic E-state index is 0. The van der Waals surface area contributed by atoms with Gasteiger partial charge in [0.1, 0.15) is 17.2 Å². The van der Waals surface area contributed by atoms with Crippen LogP contribution in [0, 0.1) is 83.4 Å². The van der Waals surface area contributed by atoms with Crippen LogP contribution in [-0.4, -0.2) is 24.5 Å². The Morgan fingerprint density at radius 2 is 1.33 bits per heavy atom. The summed E-state index contributed by atoms with van der Waals surface area (Å²) in [6, 6.07) is 26.7. The number of hydrogen-bond donors (Lipinski definition) is 0. The number of fused-ring (bicyclic) bond motifs is 6. The number of benzene rings is 4. The van der Waals surface area contributed by atoms with Gasteiger partial charge in [-0.2, -0.15) is 6.07 Å². The van der Waals surface area contributed by atoms with Crippen LogP contribution < -0.4 is 9.47 Å². The second-order valence-electron chi connectivity index (χ2n) is 20.4. The summed E-state index contributed by atoms with van der Waals surface area (Å²) >= 11 is 0. The average Bonchev–Trinajstić information content (AvgIpc) is 3.77. The minimum Gasteiger partial charge on any atom is -0.472 e. The van der Waals surface area contributed by atoms with E-state index >= 15 is 0 Å². The Kier molecular flexibility index (Phi) is 13.1. The molecule has 63 heavy (non-hydrogen) atoms. The van der Waals surface area contributed by atoms with Gasteiger partial charge < -0.3 is 23.8 Å². The summed E-state index contributed by atoms with van der Waals surface area (Å²) in [7, 11) is 0. The van der Waals surface area contributed by atoms with Crippen LogP contribution in [0.25, 0.3) is 0 Å². The molecule has 0 spiro atoms. The summed E-state index contributed by atoms with van der Waals surface area (Å²) in [5.41, 5.74) is 3.47. The van der Waals surface area contributed by atoms with Crippen LogP contribution in [0.15, 0.2) is 84.9 Å². The van der Waals surface area contributed by atoms with Crippen molar-refractivity contribution in [1.29, 1.82) is 0 Å². The van der Waals surface area contributed by atoms with Crippen LogP contribution in [0.1, 0.15) is 155 Å². The molecule has 0 aromatic heterocycles. The molecule has 4 fully saturated rings. The second kappa shape index (κ2) is 18.1. The van der Waals surface area contributed by atoms with Crippen molar-refractivity contribution in [2.75, 3.05) is 0 Å². The minimum atomic E-state index is -0.657. The van der Waals surface area contributed by atoms with E-state index < -0.39 is 11.9 Å². The van der Waals surface area contributed by atoms with Gasteiger partial charge in [0.2, 0.25) is 0 Å². The first-order valence-electron chi connectivity index (χ1n) is 23.3. The number of carbonyl (C=O) groups excluding carboxylic acids is 4. The zero-order valence-corrected chi connectivity index (χ0v) is 41.6. The van der Waals surface area contributed by atoms with Crippen molar-refractivity contribution in [2.24, 2.45) is 52.3 Å². The molecule has 4 aliphatic carbocycles. The third kappa shape index (κ3) is 8.09. The standard InChI is InChI=1S/C55H60O7.U/c1-34(2)9-6-10-35(3)47-22-23-48-45-21-24-50-54(5,49(45)25-28-53(47,48)4)26-8-27-55(50,39-11-7-12-41(30-39)61-42-16-13-36(32-56)37(29-42)33-57)38-14-17-40(18-15-38)60-43-19-20-44-46(31-43)52(59)62-51(44)58;/h7,11-20,29-31,34-35,45,47-50H,6,8-10,21-28H2,1-5H3;/q-2;+2. The van der Waals surface area contributed by atoms with Gasteiger partial charge in [0.25, 0.3) is 0 Å². The number of cyclic esters (lactones) is 2. The van der Waals surface area contributed by atoms with Gasteiger partial charge >= 0.3 is 43.1 Å². The molecule has 4 aromatic carbocycles. The Morgan fingerprint density at radius 3 is 2.10 bits per heavy atom. The molecule has 4 aromatic rings. The summed E-state index contributed by atoms with van der Waals surface area (Å²) in [4.78, 5) is 47.5. The fraction of sp³-hybridized carbons (Fsp3) is 0.491. The van der Waals surface area contributed by atoms with Gasteiger partial charge in [0, 0.05) is 11.2 Å². The maximum absolute atomic E-state index is 12.3. The molecule has 5 aliphatic rings. The van der Waals surface area contributed by atoms with Crippen molar-refractivity contribution in [3.05, 3.63) is 118 Å². The summed E-state index contributed by atoms with van der Waals surface area (Å²) in [6.07, 6.45) is 18.9. The Labute approximate surface area is 397 Å². The Bertz CT molecular complexity index is 2370. The molecular formula is C55H60O7U. The number of ether oxygens (including phenoxy) is 3. The van der Waals surface area contributed by atoms with Crippen LogP contribution >= 0.6 is 0 Å². The van der Waals surface area contributed by atoms with Gasteiger partial charge in [-0.05, 0) is 170 Å². The van der Waals surface area contributed by atoms with E-state index in [2.05, 4.69) is 65.0 Å². The van der Waals surface area contributed by atoms with Crippen molar-refractivity contribution < 1.29 is 64.5 Å². The van der Waals surface area contributed by atoms with Crippen LogP contribution in [-0.2, 0) is 19.7 Å².